The number of aryl methyl sites for hydroxylation is 1. The van der Waals surface area contributed by atoms with Gasteiger partial charge in [-0.25, -0.2) is 4.98 Å². The van der Waals surface area contributed by atoms with E-state index in [2.05, 4.69) is 22.5 Å². The van der Waals surface area contributed by atoms with Crippen molar-refractivity contribution in [1.82, 2.24) is 10.3 Å². The van der Waals surface area contributed by atoms with Gasteiger partial charge in [0.15, 0.2) is 0 Å². The number of nitrogens with one attached hydrogen (secondary N) is 2. The van der Waals surface area contributed by atoms with Gasteiger partial charge < -0.3 is 10.6 Å². The van der Waals surface area contributed by atoms with Gasteiger partial charge in [0.05, 0.1) is 6.04 Å². The smallest absolute Gasteiger partial charge is 0.251 e. The topological polar surface area (TPSA) is 54.0 Å². The maximum atomic E-state index is 11.8. The first kappa shape index (κ1) is 14.5. The van der Waals surface area contributed by atoms with E-state index in [1.54, 1.807) is 11.3 Å². The van der Waals surface area contributed by atoms with Gasteiger partial charge in [-0.15, -0.1) is 11.3 Å². The lowest BCUT2D eigenvalue weighted by Crippen LogP contribution is -2.22. The molecule has 20 heavy (non-hydrogen) atoms. The molecule has 0 bridgehead atoms. The second kappa shape index (κ2) is 6.52. The molecule has 2 N–H and O–H groups in total. The molecule has 1 aromatic carbocycles. The van der Waals surface area contributed by atoms with Crippen LogP contribution in [-0.4, -0.2) is 17.4 Å². The number of amides is 1. The summed E-state index contributed by atoms with van der Waals surface area (Å²) >= 11 is 1.63. The van der Waals surface area contributed by atoms with Crippen LogP contribution < -0.4 is 10.6 Å². The van der Waals surface area contributed by atoms with Gasteiger partial charge in [0.2, 0.25) is 0 Å². The molecule has 0 fully saturated rings. The van der Waals surface area contributed by atoms with Crippen LogP contribution in [0.4, 0.5) is 5.69 Å². The molecule has 0 radical (unpaired) electrons. The summed E-state index contributed by atoms with van der Waals surface area (Å²) in [6.07, 6.45) is 1.81. The van der Waals surface area contributed by atoms with Gasteiger partial charge in [0.25, 0.3) is 5.91 Å². The average molecular weight is 289 g/mol. The van der Waals surface area contributed by atoms with Gasteiger partial charge in [-0.1, -0.05) is 0 Å². The van der Waals surface area contributed by atoms with E-state index in [1.165, 1.54) is 0 Å². The summed E-state index contributed by atoms with van der Waals surface area (Å²) in [5.41, 5.74) is 2.77. The van der Waals surface area contributed by atoms with E-state index in [4.69, 9.17) is 0 Å². The number of anilines is 1. The zero-order valence-corrected chi connectivity index (χ0v) is 12.8. The number of rotatable bonds is 5. The Kier molecular flexibility index (Phi) is 4.74. The third-order valence-corrected chi connectivity index (χ3v) is 3.98. The molecule has 1 aromatic heterocycles. The fraction of sp³-hybridized carbons (Fsp3) is 0.333. The second-order valence-corrected chi connectivity index (χ2v) is 5.55. The molecule has 0 aliphatic rings. The van der Waals surface area contributed by atoms with Crippen molar-refractivity contribution in [3.63, 3.8) is 0 Å². The van der Waals surface area contributed by atoms with Crippen molar-refractivity contribution in [1.29, 1.82) is 0 Å². The quantitative estimate of drug-likeness (QED) is 0.887. The fourth-order valence-corrected chi connectivity index (χ4v) is 2.62. The van der Waals surface area contributed by atoms with E-state index < -0.39 is 0 Å². The Morgan fingerprint density at radius 2 is 2.25 bits per heavy atom. The molecule has 1 atom stereocenters. The first-order chi connectivity index (χ1) is 9.61. The maximum Gasteiger partial charge on any atom is 0.251 e. The lowest BCUT2D eigenvalue weighted by molar-refractivity contribution is 0.0956. The maximum absolute atomic E-state index is 11.8. The van der Waals surface area contributed by atoms with Crippen LogP contribution in [0.25, 0.3) is 0 Å². The number of benzene rings is 1. The number of carbonyl (C=O) groups excluding carboxylic acids is 1. The predicted octanol–water partition coefficient (Wildman–Crippen LogP) is 3.37. The van der Waals surface area contributed by atoms with E-state index >= 15 is 0 Å². The number of hydrogen-bond donors (Lipinski definition) is 2. The Hall–Kier alpha value is -1.88. The SMILES string of the molecule is CCNC(=O)c1ccc(NC(C)c2nccs2)c(C)c1. The van der Waals surface area contributed by atoms with E-state index in [0.717, 1.165) is 16.3 Å². The van der Waals surface area contributed by atoms with Crippen molar-refractivity contribution in [3.05, 3.63) is 45.9 Å². The lowest BCUT2D eigenvalue weighted by atomic mass is 10.1. The van der Waals surface area contributed by atoms with E-state index in [1.807, 2.05) is 43.6 Å². The normalized spacial score (nSPS) is 11.9. The molecule has 0 saturated heterocycles. The van der Waals surface area contributed by atoms with E-state index in [-0.39, 0.29) is 11.9 Å². The molecule has 0 saturated carbocycles. The largest absolute Gasteiger partial charge is 0.376 e. The Labute approximate surface area is 123 Å². The lowest BCUT2D eigenvalue weighted by Gasteiger charge is -2.15. The van der Waals surface area contributed by atoms with Crippen molar-refractivity contribution in [2.45, 2.75) is 26.8 Å². The highest BCUT2D eigenvalue weighted by Crippen LogP contribution is 2.24. The molecule has 106 valence electrons. The van der Waals surface area contributed by atoms with Crippen LogP contribution >= 0.6 is 11.3 Å². The third kappa shape index (κ3) is 3.36. The molecule has 4 nitrogen and oxygen atoms in total. The van der Waals surface area contributed by atoms with Gasteiger partial charge >= 0.3 is 0 Å². The van der Waals surface area contributed by atoms with Crippen molar-refractivity contribution >= 4 is 22.9 Å². The molecule has 1 unspecified atom stereocenters. The number of thiazole rings is 1. The monoisotopic (exact) mass is 289 g/mol. The van der Waals surface area contributed by atoms with Crippen LogP contribution in [0.3, 0.4) is 0 Å². The highest BCUT2D eigenvalue weighted by Gasteiger charge is 2.11. The third-order valence-electron chi connectivity index (χ3n) is 3.02. The number of nitrogens with zero attached hydrogens (tertiary/aromatic N) is 1. The summed E-state index contributed by atoms with van der Waals surface area (Å²) in [6, 6.07) is 5.85. The van der Waals surface area contributed by atoms with Gasteiger partial charge in [-0.2, -0.15) is 0 Å². The highest BCUT2D eigenvalue weighted by atomic mass is 32.1. The Morgan fingerprint density at radius 3 is 2.85 bits per heavy atom. The summed E-state index contributed by atoms with van der Waals surface area (Å²) in [5, 5.41) is 9.25. The standard InChI is InChI=1S/C15H19N3OS/c1-4-16-14(19)12-5-6-13(10(2)9-12)18-11(3)15-17-7-8-20-15/h5-9,11,18H,4H2,1-3H3,(H,16,19). The van der Waals surface area contributed by atoms with Crippen molar-refractivity contribution in [2.24, 2.45) is 0 Å². The van der Waals surface area contributed by atoms with E-state index in [0.29, 0.717) is 12.1 Å². The second-order valence-electron chi connectivity index (χ2n) is 4.63. The van der Waals surface area contributed by atoms with Crippen LogP contribution in [-0.2, 0) is 0 Å². The number of hydrogen-bond acceptors (Lipinski definition) is 4. The van der Waals surface area contributed by atoms with Crippen LogP contribution in [0, 0.1) is 6.92 Å². The first-order valence-electron chi connectivity index (χ1n) is 6.66. The molecule has 2 rings (SSSR count). The highest BCUT2D eigenvalue weighted by molar-refractivity contribution is 7.09. The minimum Gasteiger partial charge on any atom is -0.376 e. The van der Waals surface area contributed by atoms with Gasteiger partial charge in [0.1, 0.15) is 5.01 Å². The van der Waals surface area contributed by atoms with E-state index in [9.17, 15) is 4.79 Å². The summed E-state index contributed by atoms with van der Waals surface area (Å²) < 4.78 is 0. The Bertz CT molecular complexity index is 581. The van der Waals surface area contributed by atoms with Crippen LogP contribution in [0.5, 0.6) is 0 Å². The van der Waals surface area contributed by atoms with Gasteiger partial charge in [0, 0.05) is 29.4 Å². The molecule has 2 aromatic rings. The van der Waals surface area contributed by atoms with Crippen molar-refractivity contribution in [3.8, 4) is 0 Å². The fourth-order valence-electron chi connectivity index (χ4n) is 1.97. The minimum atomic E-state index is -0.0323. The van der Waals surface area contributed by atoms with Gasteiger partial charge in [-0.05, 0) is 44.5 Å². The van der Waals surface area contributed by atoms with Crippen molar-refractivity contribution in [2.75, 3.05) is 11.9 Å². The molecular formula is C15H19N3OS. The Balaban J connectivity index is 2.12. The van der Waals surface area contributed by atoms with Crippen LogP contribution in [0.1, 0.15) is 40.8 Å². The molecule has 0 spiro atoms. The molecule has 0 aliphatic carbocycles. The summed E-state index contributed by atoms with van der Waals surface area (Å²) in [5.74, 6) is -0.0323. The molecule has 5 heteroatoms. The Morgan fingerprint density at radius 1 is 1.45 bits per heavy atom. The first-order valence-corrected chi connectivity index (χ1v) is 7.54. The minimum absolute atomic E-state index is 0.0323. The summed E-state index contributed by atoms with van der Waals surface area (Å²) in [6.45, 7) is 6.63. The predicted molar refractivity (Wildman–Crippen MR) is 83.3 cm³/mol. The van der Waals surface area contributed by atoms with Crippen LogP contribution in [0.2, 0.25) is 0 Å². The number of carbonyl (C=O) groups is 1. The van der Waals surface area contributed by atoms with Crippen LogP contribution in [0.15, 0.2) is 29.8 Å². The van der Waals surface area contributed by atoms with Crippen molar-refractivity contribution < 1.29 is 4.79 Å². The number of aromatic nitrogens is 1. The summed E-state index contributed by atoms with van der Waals surface area (Å²) in [4.78, 5) is 16.1. The average Bonchev–Trinajstić information content (AvgIpc) is 2.95. The zero-order valence-electron chi connectivity index (χ0n) is 11.9. The molecular weight excluding hydrogens is 270 g/mol. The molecule has 1 heterocycles. The zero-order chi connectivity index (χ0) is 14.5. The molecule has 0 aliphatic heterocycles. The molecule has 1 amide bonds. The van der Waals surface area contributed by atoms with Gasteiger partial charge in [-0.3, -0.25) is 4.79 Å². The summed E-state index contributed by atoms with van der Waals surface area (Å²) in [7, 11) is 0.